The van der Waals surface area contributed by atoms with Crippen molar-refractivity contribution in [2.45, 2.75) is 6.92 Å². The Labute approximate surface area is 92.3 Å². The van der Waals surface area contributed by atoms with Crippen LogP contribution in [0.2, 0.25) is 5.02 Å². The highest BCUT2D eigenvalue weighted by molar-refractivity contribution is 6.30. The van der Waals surface area contributed by atoms with Crippen molar-refractivity contribution >= 4 is 23.2 Å². The molecule has 4 N–H and O–H groups in total. The van der Waals surface area contributed by atoms with Gasteiger partial charge in [0.05, 0.1) is 5.69 Å². The summed E-state index contributed by atoms with van der Waals surface area (Å²) in [6, 6.07) is 4.19. The van der Waals surface area contributed by atoms with Gasteiger partial charge in [0.25, 0.3) is 0 Å². The van der Waals surface area contributed by atoms with Gasteiger partial charge in [-0.3, -0.25) is 10.4 Å². The van der Waals surface area contributed by atoms with Gasteiger partial charge in [0.15, 0.2) is 0 Å². The van der Waals surface area contributed by atoms with Gasteiger partial charge in [-0.2, -0.15) is 0 Å². The van der Waals surface area contributed by atoms with Crippen molar-refractivity contribution < 1.29 is 4.39 Å². The topological polar surface area (TPSA) is 62.4 Å². The molecule has 6 heteroatoms. The first-order valence-electron chi connectivity index (χ1n) is 4.40. The fourth-order valence-electron chi connectivity index (χ4n) is 1.00. The lowest BCUT2D eigenvalue weighted by Gasteiger charge is -2.09. The third-order valence-corrected chi connectivity index (χ3v) is 1.87. The van der Waals surface area contributed by atoms with E-state index in [2.05, 4.69) is 15.7 Å². The van der Waals surface area contributed by atoms with Crippen molar-refractivity contribution in [3.8, 4) is 0 Å². The highest BCUT2D eigenvalue weighted by Gasteiger charge is 2.04. The van der Waals surface area contributed by atoms with E-state index in [1.807, 2.05) is 6.92 Å². The van der Waals surface area contributed by atoms with Crippen LogP contribution in [0.4, 0.5) is 10.1 Å². The lowest BCUT2D eigenvalue weighted by molar-refractivity contribution is 0.632. The van der Waals surface area contributed by atoms with Gasteiger partial charge in [-0.15, -0.1) is 0 Å². The molecular weight excluding hydrogens is 219 g/mol. The molecule has 0 bridgehead atoms. The summed E-state index contributed by atoms with van der Waals surface area (Å²) in [6.07, 6.45) is 0. The first-order chi connectivity index (χ1) is 7.17. The molecule has 1 rings (SSSR count). The summed E-state index contributed by atoms with van der Waals surface area (Å²) < 4.78 is 13.3. The Hall–Kier alpha value is -1.33. The van der Waals surface area contributed by atoms with E-state index in [1.54, 1.807) is 0 Å². The minimum Gasteiger partial charge on any atom is -0.323 e. The average molecular weight is 231 g/mol. The van der Waals surface area contributed by atoms with Crippen LogP contribution >= 0.6 is 11.6 Å². The summed E-state index contributed by atoms with van der Waals surface area (Å²) in [7, 11) is 0. The molecular formula is C9H12ClFN4. The maximum Gasteiger partial charge on any atom is 0.210 e. The molecule has 4 nitrogen and oxygen atoms in total. The number of hydrogen-bond donors (Lipinski definition) is 3. The van der Waals surface area contributed by atoms with E-state index in [0.29, 0.717) is 17.5 Å². The maximum atomic E-state index is 13.3. The highest BCUT2D eigenvalue weighted by atomic mass is 35.5. The van der Waals surface area contributed by atoms with Crippen LogP contribution in [0, 0.1) is 5.82 Å². The SMILES string of the molecule is CCN=C(NN)Nc1cc(Cl)ccc1F. The summed E-state index contributed by atoms with van der Waals surface area (Å²) in [5.74, 6) is 5.07. The smallest absolute Gasteiger partial charge is 0.210 e. The van der Waals surface area contributed by atoms with Crippen molar-refractivity contribution in [3.63, 3.8) is 0 Å². The molecule has 1 aromatic carbocycles. The third-order valence-electron chi connectivity index (χ3n) is 1.63. The summed E-state index contributed by atoms with van der Waals surface area (Å²) in [5, 5.41) is 3.13. The largest absolute Gasteiger partial charge is 0.323 e. The van der Waals surface area contributed by atoms with E-state index in [-0.39, 0.29) is 5.69 Å². The van der Waals surface area contributed by atoms with E-state index in [9.17, 15) is 4.39 Å². The van der Waals surface area contributed by atoms with Gasteiger partial charge in [-0.25, -0.2) is 10.2 Å². The summed E-state index contributed by atoms with van der Waals surface area (Å²) in [5.41, 5.74) is 2.56. The summed E-state index contributed by atoms with van der Waals surface area (Å²) in [6.45, 7) is 2.38. The number of nitrogens with one attached hydrogen (secondary N) is 2. The summed E-state index contributed by atoms with van der Waals surface area (Å²) in [4.78, 5) is 3.97. The molecule has 0 heterocycles. The number of hydrogen-bond acceptors (Lipinski definition) is 2. The number of guanidine groups is 1. The lowest BCUT2D eigenvalue weighted by Crippen LogP contribution is -2.36. The number of rotatable bonds is 2. The molecule has 0 fully saturated rings. The normalized spacial score (nSPS) is 11.3. The Bertz CT molecular complexity index is 367. The van der Waals surface area contributed by atoms with Crippen LogP contribution in [0.5, 0.6) is 0 Å². The van der Waals surface area contributed by atoms with Crippen LogP contribution in [0.25, 0.3) is 0 Å². The second-order valence-corrected chi connectivity index (χ2v) is 3.15. The zero-order valence-electron chi connectivity index (χ0n) is 8.22. The van der Waals surface area contributed by atoms with E-state index < -0.39 is 5.82 Å². The molecule has 0 aliphatic carbocycles. The minimum absolute atomic E-state index is 0.229. The van der Waals surface area contributed by atoms with Gasteiger partial charge in [0, 0.05) is 11.6 Å². The van der Waals surface area contributed by atoms with Crippen LogP contribution in [0.3, 0.4) is 0 Å². The number of anilines is 1. The highest BCUT2D eigenvalue weighted by Crippen LogP contribution is 2.19. The monoisotopic (exact) mass is 230 g/mol. The Morgan fingerprint density at radius 2 is 2.33 bits per heavy atom. The predicted octanol–water partition coefficient (Wildman–Crippen LogP) is 1.73. The molecule has 0 radical (unpaired) electrons. The minimum atomic E-state index is -0.418. The molecule has 0 unspecified atom stereocenters. The molecule has 0 aliphatic rings. The van der Waals surface area contributed by atoms with Crippen LogP contribution in [0.15, 0.2) is 23.2 Å². The average Bonchev–Trinajstić information content (AvgIpc) is 2.22. The van der Waals surface area contributed by atoms with Crippen molar-refractivity contribution in [2.75, 3.05) is 11.9 Å². The summed E-state index contributed by atoms with van der Waals surface area (Å²) >= 11 is 5.72. The molecule has 0 aromatic heterocycles. The van der Waals surface area contributed by atoms with E-state index in [0.717, 1.165) is 0 Å². The van der Waals surface area contributed by atoms with Gasteiger partial charge in [-0.1, -0.05) is 11.6 Å². The molecule has 15 heavy (non-hydrogen) atoms. The van der Waals surface area contributed by atoms with Crippen molar-refractivity contribution in [1.82, 2.24) is 5.43 Å². The Kier molecular flexibility index (Phi) is 4.33. The fraction of sp³-hybridized carbons (Fsp3) is 0.222. The molecule has 0 amide bonds. The van der Waals surface area contributed by atoms with Crippen LogP contribution in [0.1, 0.15) is 6.92 Å². The fourth-order valence-corrected chi connectivity index (χ4v) is 1.17. The lowest BCUT2D eigenvalue weighted by atomic mass is 10.3. The van der Waals surface area contributed by atoms with Crippen molar-refractivity contribution in [2.24, 2.45) is 10.8 Å². The first-order valence-corrected chi connectivity index (χ1v) is 4.78. The van der Waals surface area contributed by atoms with Gasteiger partial charge in [-0.05, 0) is 25.1 Å². The zero-order valence-corrected chi connectivity index (χ0v) is 8.98. The molecule has 0 saturated carbocycles. The molecule has 1 aromatic rings. The van der Waals surface area contributed by atoms with Gasteiger partial charge < -0.3 is 5.32 Å². The van der Waals surface area contributed by atoms with Crippen molar-refractivity contribution in [3.05, 3.63) is 29.0 Å². The Morgan fingerprint density at radius 1 is 1.60 bits per heavy atom. The first kappa shape index (κ1) is 11.7. The van der Waals surface area contributed by atoms with Gasteiger partial charge in [0.1, 0.15) is 5.82 Å². The van der Waals surface area contributed by atoms with Crippen LogP contribution < -0.4 is 16.6 Å². The number of halogens is 2. The number of nitrogens with zero attached hydrogens (tertiary/aromatic N) is 1. The van der Waals surface area contributed by atoms with Gasteiger partial charge >= 0.3 is 0 Å². The number of hydrazine groups is 1. The molecule has 0 aliphatic heterocycles. The predicted molar refractivity (Wildman–Crippen MR) is 60.3 cm³/mol. The standard InChI is InChI=1S/C9H12ClFN4/c1-2-13-9(15-12)14-8-5-6(10)3-4-7(8)11/h3-5H,2,12H2,1H3,(H2,13,14,15). The van der Waals surface area contributed by atoms with E-state index in [1.165, 1.54) is 18.2 Å². The van der Waals surface area contributed by atoms with Gasteiger partial charge in [0.2, 0.25) is 5.96 Å². The zero-order chi connectivity index (χ0) is 11.3. The number of nitrogens with two attached hydrogens (primary N) is 1. The molecule has 0 atom stereocenters. The second-order valence-electron chi connectivity index (χ2n) is 2.72. The Balaban J connectivity index is 2.87. The molecule has 0 saturated heterocycles. The quantitative estimate of drug-likeness (QED) is 0.314. The van der Waals surface area contributed by atoms with Crippen molar-refractivity contribution in [1.29, 1.82) is 0 Å². The van der Waals surface area contributed by atoms with E-state index >= 15 is 0 Å². The third kappa shape index (κ3) is 3.38. The second kappa shape index (κ2) is 5.53. The molecule has 82 valence electrons. The number of aliphatic imine (C=N–C) groups is 1. The number of benzene rings is 1. The molecule has 0 spiro atoms. The van der Waals surface area contributed by atoms with Crippen LogP contribution in [-0.2, 0) is 0 Å². The van der Waals surface area contributed by atoms with E-state index in [4.69, 9.17) is 17.4 Å². The maximum absolute atomic E-state index is 13.3. The van der Waals surface area contributed by atoms with Crippen LogP contribution in [-0.4, -0.2) is 12.5 Å². The Morgan fingerprint density at radius 3 is 2.93 bits per heavy atom.